The van der Waals surface area contributed by atoms with E-state index in [1.807, 2.05) is 0 Å². The third-order valence-electron chi connectivity index (χ3n) is 4.98. The second-order valence-electron chi connectivity index (χ2n) is 6.28. The molecule has 6 heteroatoms. The molecule has 2 aliphatic heterocycles. The molecule has 0 aromatic heterocycles. The van der Waals surface area contributed by atoms with Gasteiger partial charge in [0.25, 0.3) is 0 Å². The quantitative estimate of drug-likeness (QED) is 0.922. The summed E-state index contributed by atoms with van der Waals surface area (Å²) in [5.41, 5.74) is 0.0465. The van der Waals surface area contributed by atoms with Gasteiger partial charge in [0.1, 0.15) is 5.82 Å². The number of carbonyl (C=O) groups excluding carboxylic acids is 1. The summed E-state index contributed by atoms with van der Waals surface area (Å²) >= 11 is 0. The van der Waals surface area contributed by atoms with Crippen LogP contribution >= 0.6 is 0 Å². The number of hydrogen-bond acceptors (Lipinski definition) is 3. The van der Waals surface area contributed by atoms with Crippen LogP contribution in [0.25, 0.3) is 0 Å². The van der Waals surface area contributed by atoms with Gasteiger partial charge in [-0.05, 0) is 37.0 Å². The number of nitrogens with zero attached hydrogens (tertiary/aromatic N) is 1. The van der Waals surface area contributed by atoms with Crippen molar-refractivity contribution < 1.29 is 23.8 Å². The van der Waals surface area contributed by atoms with Crippen molar-refractivity contribution in [1.82, 2.24) is 4.90 Å². The number of carbonyl (C=O) groups is 2. The molecule has 2 heterocycles. The summed E-state index contributed by atoms with van der Waals surface area (Å²) in [6.45, 7) is 1.65. The molecule has 2 fully saturated rings. The summed E-state index contributed by atoms with van der Waals surface area (Å²) in [4.78, 5) is 25.9. The van der Waals surface area contributed by atoms with Crippen molar-refractivity contribution in [2.24, 2.45) is 5.92 Å². The van der Waals surface area contributed by atoms with Gasteiger partial charge in [-0.2, -0.15) is 0 Å². The minimum absolute atomic E-state index is 0.0591. The molecule has 23 heavy (non-hydrogen) atoms. The minimum atomic E-state index is -0.858. The van der Waals surface area contributed by atoms with E-state index in [2.05, 4.69) is 0 Å². The van der Waals surface area contributed by atoms with Crippen LogP contribution < -0.4 is 0 Å². The molecule has 5 nitrogen and oxygen atoms in total. The molecule has 0 bridgehead atoms. The van der Waals surface area contributed by atoms with Crippen LogP contribution in [0.4, 0.5) is 4.39 Å². The number of ether oxygens (including phenoxy) is 1. The molecule has 1 aromatic carbocycles. The second kappa shape index (κ2) is 6.28. The number of halogens is 1. The Kier molecular flexibility index (Phi) is 4.35. The highest BCUT2D eigenvalue weighted by molar-refractivity contribution is 5.89. The van der Waals surface area contributed by atoms with Crippen molar-refractivity contribution in [3.8, 4) is 0 Å². The Balaban J connectivity index is 1.88. The second-order valence-corrected chi connectivity index (χ2v) is 6.28. The molecule has 2 saturated heterocycles. The van der Waals surface area contributed by atoms with E-state index in [0.29, 0.717) is 39.0 Å². The van der Waals surface area contributed by atoms with E-state index >= 15 is 0 Å². The van der Waals surface area contributed by atoms with Crippen LogP contribution in [0.2, 0.25) is 0 Å². The Morgan fingerprint density at radius 3 is 2.43 bits per heavy atom. The van der Waals surface area contributed by atoms with Crippen molar-refractivity contribution in [3.63, 3.8) is 0 Å². The summed E-state index contributed by atoms with van der Waals surface area (Å²) in [6, 6.07) is 6.04. The van der Waals surface area contributed by atoms with Gasteiger partial charge >= 0.3 is 5.97 Å². The van der Waals surface area contributed by atoms with Crippen LogP contribution in [0.3, 0.4) is 0 Å². The Hall–Kier alpha value is -1.95. The van der Waals surface area contributed by atoms with Crippen molar-refractivity contribution >= 4 is 11.9 Å². The molecule has 124 valence electrons. The molecule has 0 radical (unpaired) electrons. The molecule has 1 amide bonds. The summed E-state index contributed by atoms with van der Waals surface area (Å²) < 4.78 is 18.6. The Morgan fingerprint density at radius 1 is 1.22 bits per heavy atom. The maximum Gasteiger partial charge on any atom is 0.308 e. The number of benzene rings is 1. The molecule has 1 N–H and O–H groups in total. The largest absolute Gasteiger partial charge is 0.481 e. The molecular weight excluding hydrogens is 301 g/mol. The molecule has 0 spiro atoms. The first-order valence-corrected chi connectivity index (χ1v) is 7.89. The number of hydrogen-bond donors (Lipinski definition) is 1. The molecule has 0 unspecified atom stereocenters. The third kappa shape index (κ3) is 2.95. The first kappa shape index (κ1) is 15.9. The van der Waals surface area contributed by atoms with Crippen LogP contribution in [0.1, 0.15) is 24.8 Å². The minimum Gasteiger partial charge on any atom is -0.481 e. The van der Waals surface area contributed by atoms with Crippen LogP contribution in [0.15, 0.2) is 24.3 Å². The zero-order chi connectivity index (χ0) is 16.4. The molecular formula is C17H20FNO4. The van der Waals surface area contributed by atoms with Crippen LogP contribution in [0.5, 0.6) is 0 Å². The summed E-state index contributed by atoms with van der Waals surface area (Å²) in [7, 11) is 0. The predicted octanol–water partition coefficient (Wildman–Crippen LogP) is 1.81. The Labute approximate surface area is 134 Å². The molecule has 0 saturated carbocycles. The number of carboxylic acid groups (broad SMARTS) is 1. The summed E-state index contributed by atoms with van der Waals surface area (Å²) in [5.74, 6) is -1.75. The van der Waals surface area contributed by atoms with Gasteiger partial charge in [0.15, 0.2) is 0 Å². The van der Waals surface area contributed by atoms with E-state index in [1.165, 1.54) is 12.1 Å². The van der Waals surface area contributed by atoms with E-state index in [4.69, 9.17) is 9.84 Å². The number of amides is 1. The first-order valence-electron chi connectivity index (χ1n) is 7.89. The fourth-order valence-electron chi connectivity index (χ4n) is 3.56. The number of likely N-dealkylation sites (tertiary alicyclic amines) is 1. The number of aliphatic carboxylic acids is 1. The van der Waals surface area contributed by atoms with Crippen molar-refractivity contribution in [2.75, 3.05) is 26.3 Å². The average Bonchev–Trinajstić information content (AvgIpc) is 3.05. The van der Waals surface area contributed by atoms with Gasteiger partial charge in [0.2, 0.25) is 5.91 Å². The highest BCUT2D eigenvalue weighted by Gasteiger charge is 2.46. The van der Waals surface area contributed by atoms with Crippen molar-refractivity contribution in [1.29, 1.82) is 0 Å². The van der Waals surface area contributed by atoms with E-state index < -0.39 is 17.3 Å². The van der Waals surface area contributed by atoms with Gasteiger partial charge in [0.05, 0.1) is 11.3 Å². The van der Waals surface area contributed by atoms with Crippen LogP contribution in [-0.4, -0.2) is 48.2 Å². The fourth-order valence-corrected chi connectivity index (χ4v) is 3.56. The van der Waals surface area contributed by atoms with Gasteiger partial charge < -0.3 is 14.7 Å². The average molecular weight is 321 g/mol. The van der Waals surface area contributed by atoms with Gasteiger partial charge in [-0.1, -0.05) is 12.1 Å². The van der Waals surface area contributed by atoms with E-state index in [-0.39, 0.29) is 18.3 Å². The SMILES string of the molecule is O=C(O)[C@@H]1CCN(C(=O)C2(c3ccc(F)cc3)CCOCC2)C1. The van der Waals surface area contributed by atoms with Gasteiger partial charge in [0, 0.05) is 26.3 Å². The van der Waals surface area contributed by atoms with Gasteiger partial charge in [-0.25, -0.2) is 4.39 Å². The van der Waals surface area contributed by atoms with Crippen LogP contribution in [-0.2, 0) is 19.7 Å². The molecule has 0 aliphatic carbocycles. The highest BCUT2D eigenvalue weighted by atomic mass is 19.1. The standard InChI is InChI=1S/C17H20FNO4/c18-14-3-1-13(2-4-14)17(6-9-23-10-7-17)16(22)19-8-5-12(11-19)15(20)21/h1-4,12H,5-11H2,(H,20,21)/t12-/m1/s1. The van der Waals surface area contributed by atoms with E-state index in [9.17, 15) is 14.0 Å². The lowest BCUT2D eigenvalue weighted by Gasteiger charge is -2.39. The summed E-state index contributed by atoms with van der Waals surface area (Å²) in [5, 5.41) is 9.14. The number of rotatable bonds is 3. The Morgan fingerprint density at radius 2 is 1.87 bits per heavy atom. The van der Waals surface area contributed by atoms with Gasteiger partial charge in [-0.3, -0.25) is 9.59 Å². The lowest BCUT2D eigenvalue weighted by atomic mass is 9.73. The lowest BCUT2D eigenvalue weighted by Crippen LogP contribution is -2.49. The normalized spacial score (nSPS) is 23.7. The highest BCUT2D eigenvalue weighted by Crippen LogP contribution is 2.38. The van der Waals surface area contributed by atoms with E-state index in [1.54, 1.807) is 17.0 Å². The molecule has 2 aliphatic rings. The van der Waals surface area contributed by atoms with Crippen molar-refractivity contribution in [2.45, 2.75) is 24.7 Å². The first-order chi connectivity index (χ1) is 11.0. The summed E-state index contributed by atoms with van der Waals surface area (Å²) in [6.07, 6.45) is 1.55. The molecule has 3 rings (SSSR count). The Bertz CT molecular complexity index is 595. The van der Waals surface area contributed by atoms with Crippen LogP contribution in [0, 0.1) is 11.7 Å². The smallest absolute Gasteiger partial charge is 0.308 e. The van der Waals surface area contributed by atoms with E-state index in [0.717, 1.165) is 5.56 Å². The maximum atomic E-state index is 13.2. The zero-order valence-corrected chi connectivity index (χ0v) is 12.8. The zero-order valence-electron chi connectivity index (χ0n) is 12.8. The number of carboxylic acids is 1. The monoisotopic (exact) mass is 321 g/mol. The molecule has 1 atom stereocenters. The predicted molar refractivity (Wildman–Crippen MR) is 80.5 cm³/mol. The molecule has 1 aromatic rings. The van der Waals surface area contributed by atoms with Crippen molar-refractivity contribution in [3.05, 3.63) is 35.6 Å². The topological polar surface area (TPSA) is 66.8 Å². The maximum absolute atomic E-state index is 13.2. The van der Waals surface area contributed by atoms with Gasteiger partial charge in [-0.15, -0.1) is 0 Å². The lowest BCUT2D eigenvalue weighted by molar-refractivity contribution is -0.143. The fraction of sp³-hybridized carbons (Fsp3) is 0.529. The third-order valence-corrected chi connectivity index (χ3v) is 4.98.